The summed E-state index contributed by atoms with van der Waals surface area (Å²) >= 11 is 0. The van der Waals surface area contributed by atoms with Crippen molar-refractivity contribution in [3.63, 3.8) is 0 Å². The average Bonchev–Trinajstić information content (AvgIpc) is 3.07. The zero-order chi connectivity index (χ0) is 18.2. The Hall–Kier alpha value is -2.69. The molecule has 0 bridgehead atoms. The van der Waals surface area contributed by atoms with Crippen molar-refractivity contribution in [2.75, 3.05) is 6.54 Å². The fourth-order valence-corrected chi connectivity index (χ4v) is 3.01. The van der Waals surface area contributed by atoms with Gasteiger partial charge in [-0.3, -0.25) is 4.79 Å². The molecule has 3 aromatic rings. The largest absolute Gasteiger partial charge is 0.356 e. The SMILES string of the molecule is O=C(CCCCc1ccc(F)cc1)NCCCc1ncc2ccccn12. The number of hydrogen-bond acceptors (Lipinski definition) is 2. The van der Waals surface area contributed by atoms with Crippen LogP contribution >= 0.6 is 0 Å². The minimum atomic E-state index is -0.212. The first-order valence-electron chi connectivity index (χ1n) is 9.14. The first-order chi connectivity index (χ1) is 12.7. The van der Waals surface area contributed by atoms with E-state index in [2.05, 4.69) is 14.7 Å². The predicted octanol–water partition coefficient (Wildman–Crippen LogP) is 3.94. The van der Waals surface area contributed by atoms with E-state index in [0.717, 1.165) is 49.0 Å². The van der Waals surface area contributed by atoms with Crippen LogP contribution in [0.4, 0.5) is 4.39 Å². The highest BCUT2D eigenvalue weighted by atomic mass is 19.1. The number of nitrogens with zero attached hydrogens (tertiary/aromatic N) is 2. The van der Waals surface area contributed by atoms with E-state index in [1.54, 1.807) is 12.1 Å². The molecule has 4 nitrogen and oxygen atoms in total. The van der Waals surface area contributed by atoms with E-state index in [1.165, 1.54) is 12.1 Å². The van der Waals surface area contributed by atoms with Crippen LogP contribution in [0.25, 0.3) is 5.52 Å². The smallest absolute Gasteiger partial charge is 0.219 e. The molecule has 3 rings (SSSR count). The lowest BCUT2D eigenvalue weighted by Gasteiger charge is -2.06. The van der Waals surface area contributed by atoms with Gasteiger partial charge in [0.1, 0.15) is 11.6 Å². The van der Waals surface area contributed by atoms with Crippen molar-refractivity contribution < 1.29 is 9.18 Å². The molecule has 0 spiro atoms. The number of fused-ring (bicyclic) bond motifs is 1. The zero-order valence-electron chi connectivity index (χ0n) is 14.8. The number of aromatic nitrogens is 2. The predicted molar refractivity (Wildman–Crippen MR) is 100 cm³/mol. The normalized spacial score (nSPS) is 11.0. The van der Waals surface area contributed by atoms with E-state index in [0.29, 0.717) is 13.0 Å². The lowest BCUT2D eigenvalue weighted by Crippen LogP contribution is -2.24. The Bertz CT molecular complexity index is 842. The van der Waals surface area contributed by atoms with Gasteiger partial charge in [-0.15, -0.1) is 0 Å². The summed E-state index contributed by atoms with van der Waals surface area (Å²) in [4.78, 5) is 16.3. The second-order valence-corrected chi connectivity index (χ2v) is 6.46. The topological polar surface area (TPSA) is 46.4 Å². The number of nitrogens with one attached hydrogen (secondary N) is 1. The maximum Gasteiger partial charge on any atom is 0.219 e. The Kier molecular flexibility index (Phi) is 6.36. The number of hydrogen-bond donors (Lipinski definition) is 1. The van der Waals surface area contributed by atoms with E-state index < -0.39 is 0 Å². The monoisotopic (exact) mass is 353 g/mol. The number of carbonyl (C=O) groups excluding carboxylic acids is 1. The second-order valence-electron chi connectivity index (χ2n) is 6.46. The Morgan fingerprint density at radius 1 is 1.04 bits per heavy atom. The maximum absolute atomic E-state index is 12.8. The Morgan fingerprint density at radius 3 is 2.73 bits per heavy atom. The quantitative estimate of drug-likeness (QED) is 0.592. The van der Waals surface area contributed by atoms with E-state index in [9.17, 15) is 9.18 Å². The number of aryl methyl sites for hydroxylation is 2. The van der Waals surface area contributed by atoms with Crippen molar-refractivity contribution in [1.29, 1.82) is 0 Å². The van der Waals surface area contributed by atoms with Crippen LogP contribution in [0.5, 0.6) is 0 Å². The molecule has 1 amide bonds. The van der Waals surface area contributed by atoms with Crippen LogP contribution in [-0.2, 0) is 17.6 Å². The van der Waals surface area contributed by atoms with Gasteiger partial charge in [0.2, 0.25) is 5.91 Å². The van der Waals surface area contributed by atoms with E-state index in [1.807, 2.05) is 30.6 Å². The molecule has 0 fully saturated rings. The van der Waals surface area contributed by atoms with Crippen molar-refractivity contribution >= 4 is 11.4 Å². The third-order valence-electron chi connectivity index (χ3n) is 4.45. The van der Waals surface area contributed by atoms with Crippen molar-refractivity contribution in [2.24, 2.45) is 0 Å². The Morgan fingerprint density at radius 2 is 1.88 bits per heavy atom. The molecule has 0 aliphatic heterocycles. The van der Waals surface area contributed by atoms with Gasteiger partial charge < -0.3 is 9.72 Å². The number of pyridine rings is 1. The molecule has 0 saturated heterocycles. The standard InChI is InChI=1S/C21H24FN3O/c22-18-12-10-17(11-13-18)6-1-2-9-21(26)23-14-5-8-20-24-16-19-7-3-4-15-25(19)20/h3-4,7,10-13,15-16H,1-2,5-6,8-9,14H2,(H,23,26). The third kappa shape index (κ3) is 5.15. The summed E-state index contributed by atoms with van der Waals surface area (Å²) in [6.45, 7) is 0.665. The summed E-state index contributed by atoms with van der Waals surface area (Å²) in [5.74, 6) is 0.905. The summed E-state index contributed by atoms with van der Waals surface area (Å²) < 4.78 is 14.9. The molecule has 0 aliphatic carbocycles. The van der Waals surface area contributed by atoms with Crippen LogP contribution in [-0.4, -0.2) is 21.8 Å². The van der Waals surface area contributed by atoms with Crippen LogP contribution in [0.3, 0.4) is 0 Å². The van der Waals surface area contributed by atoms with Crippen LogP contribution in [0.2, 0.25) is 0 Å². The summed E-state index contributed by atoms with van der Waals surface area (Å²) in [6, 6.07) is 12.6. The number of imidazole rings is 1. The molecule has 0 atom stereocenters. The summed E-state index contributed by atoms with van der Waals surface area (Å²) in [6.07, 6.45) is 8.77. The van der Waals surface area contributed by atoms with Crippen LogP contribution in [0.15, 0.2) is 54.9 Å². The number of halogens is 1. The summed E-state index contributed by atoms with van der Waals surface area (Å²) in [5, 5.41) is 2.97. The Balaban J connectivity index is 1.29. The van der Waals surface area contributed by atoms with E-state index >= 15 is 0 Å². The van der Waals surface area contributed by atoms with Gasteiger partial charge >= 0.3 is 0 Å². The minimum Gasteiger partial charge on any atom is -0.356 e. The molecule has 1 N–H and O–H groups in total. The third-order valence-corrected chi connectivity index (χ3v) is 4.45. The average molecular weight is 353 g/mol. The molecule has 0 aliphatic rings. The maximum atomic E-state index is 12.8. The van der Waals surface area contributed by atoms with Gasteiger partial charge in [0.15, 0.2) is 0 Å². The number of carbonyl (C=O) groups is 1. The van der Waals surface area contributed by atoms with Crippen molar-refractivity contribution in [3.8, 4) is 0 Å². The molecule has 0 radical (unpaired) electrons. The highest BCUT2D eigenvalue weighted by molar-refractivity contribution is 5.75. The van der Waals surface area contributed by atoms with E-state index in [-0.39, 0.29) is 11.7 Å². The first-order valence-corrected chi connectivity index (χ1v) is 9.14. The molecule has 0 saturated carbocycles. The van der Waals surface area contributed by atoms with Gasteiger partial charge in [-0.05, 0) is 55.5 Å². The number of amides is 1. The second kappa shape index (κ2) is 9.13. The van der Waals surface area contributed by atoms with Gasteiger partial charge in [-0.1, -0.05) is 18.2 Å². The van der Waals surface area contributed by atoms with Crippen LogP contribution < -0.4 is 5.32 Å². The van der Waals surface area contributed by atoms with Gasteiger partial charge in [0.05, 0.1) is 11.7 Å². The van der Waals surface area contributed by atoms with Gasteiger partial charge in [-0.25, -0.2) is 9.37 Å². The molecule has 0 unspecified atom stereocenters. The summed E-state index contributed by atoms with van der Waals surface area (Å²) in [7, 11) is 0. The molecular weight excluding hydrogens is 329 g/mol. The number of rotatable bonds is 9. The van der Waals surface area contributed by atoms with Crippen molar-refractivity contribution in [3.05, 3.63) is 72.1 Å². The fraction of sp³-hybridized carbons (Fsp3) is 0.333. The van der Waals surface area contributed by atoms with E-state index in [4.69, 9.17) is 0 Å². The van der Waals surface area contributed by atoms with Crippen molar-refractivity contribution in [1.82, 2.24) is 14.7 Å². The fourth-order valence-electron chi connectivity index (χ4n) is 3.01. The first kappa shape index (κ1) is 18.1. The molecule has 5 heteroatoms. The number of benzene rings is 1. The highest BCUT2D eigenvalue weighted by Gasteiger charge is 2.04. The molecule has 2 heterocycles. The number of unbranched alkanes of at least 4 members (excludes halogenated alkanes) is 1. The molecular formula is C21H24FN3O. The van der Waals surface area contributed by atoms with Crippen LogP contribution in [0.1, 0.15) is 37.1 Å². The minimum absolute atomic E-state index is 0.0945. The molecule has 136 valence electrons. The van der Waals surface area contributed by atoms with Crippen LogP contribution in [0, 0.1) is 5.82 Å². The Labute approximate surface area is 153 Å². The van der Waals surface area contributed by atoms with Gasteiger partial charge in [-0.2, -0.15) is 0 Å². The van der Waals surface area contributed by atoms with Gasteiger partial charge in [0.25, 0.3) is 0 Å². The van der Waals surface area contributed by atoms with Crippen molar-refractivity contribution in [2.45, 2.75) is 38.5 Å². The molecule has 2 aromatic heterocycles. The zero-order valence-corrected chi connectivity index (χ0v) is 14.8. The highest BCUT2D eigenvalue weighted by Crippen LogP contribution is 2.09. The molecule has 1 aromatic carbocycles. The lowest BCUT2D eigenvalue weighted by molar-refractivity contribution is -0.121. The lowest BCUT2D eigenvalue weighted by atomic mass is 10.1. The summed E-state index contributed by atoms with van der Waals surface area (Å²) in [5.41, 5.74) is 2.20. The van der Waals surface area contributed by atoms with Gasteiger partial charge in [0, 0.05) is 25.6 Å². The molecule has 26 heavy (non-hydrogen) atoms.